The van der Waals surface area contributed by atoms with E-state index in [1.807, 2.05) is 0 Å². The lowest BCUT2D eigenvalue weighted by atomic mass is 9.69. The summed E-state index contributed by atoms with van der Waals surface area (Å²) in [4.78, 5) is 0. The van der Waals surface area contributed by atoms with E-state index in [9.17, 15) is 4.39 Å². The van der Waals surface area contributed by atoms with Crippen molar-refractivity contribution in [3.63, 3.8) is 0 Å². The largest absolute Gasteiger partial charge is 0.330 e. The number of rotatable bonds is 4. The van der Waals surface area contributed by atoms with Gasteiger partial charge in [0.25, 0.3) is 0 Å². The Morgan fingerprint density at radius 1 is 1.30 bits per heavy atom. The first-order valence-electron chi connectivity index (χ1n) is 7.65. The molecule has 0 saturated heterocycles. The fraction of sp³-hybridized carbons (Fsp3) is 0.647. The summed E-state index contributed by atoms with van der Waals surface area (Å²) in [6, 6.07) is 4.66. The quantitative estimate of drug-likeness (QED) is 0.859. The Kier molecular flexibility index (Phi) is 5.45. The highest BCUT2D eigenvalue weighted by molar-refractivity contribution is 6.31. The van der Waals surface area contributed by atoms with E-state index >= 15 is 0 Å². The van der Waals surface area contributed by atoms with Gasteiger partial charge in [0.1, 0.15) is 5.82 Å². The molecule has 2 rings (SSSR count). The zero-order valence-electron chi connectivity index (χ0n) is 12.4. The van der Waals surface area contributed by atoms with Gasteiger partial charge in [0.15, 0.2) is 0 Å². The minimum absolute atomic E-state index is 0.204. The summed E-state index contributed by atoms with van der Waals surface area (Å²) in [7, 11) is 0. The molecule has 3 heteroatoms. The van der Waals surface area contributed by atoms with Gasteiger partial charge in [0, 0.05) is 5.02 Å². The Morgan fingerprint density at radius 3 is 2.70 bits per heavy atom. The summed E-state index contributed by atoms with van der Waals surface area (Å²) >= 11 is 6.21. The van der Waals surface area contributed by atoms with Crippen LogP contribution in [0.2, 0.25) is 5.02 Å². The minimum Gasteiger partial charge on any atom is -0.330 e. The summed E-state index contributed by atoms with van der Waals surface area (Å²) in [6.45, 7) is 5.31. The average molecular weight is 298 g/mol. The zero-order chi connectivity index (χ0) is 14.7. The van der Waals surface area contributed by atoms with Gasteiger partial charge < -0.3 is 5.73 Å². The number of hydrogen-bond acceptors (Lipinski definition) is 1. The van der Waals surface area contributed by atoms with Gasteiger partial charge in [-0.05, 0) is 79.7 Å². The van der Waals surface area contributed by atoms with Gasteiger partial charge in [-0.15, -0.1) is 0 Å². The monoisotopic (exact) mass is 297 g/mol. The number of benzene rings is 1. The first-order chi connectivity index (χ1) is 9.51. The van der Waals surface area contributed by atoms with Gasteiger partial charge in [-0.1, -0.05) is 25.4 Å². The fourth-order valence-electron chi connectivity index (χ4n) is 3.51. The van der Waals surface area contributed by atoms with E-state index in [4.69, 9.17) is 17.3 Å². The lowest BCUT2D eigenvalue weighted by Crippen LogP contribution is -2.33. The molecule has 0 amide bonds. The molecule has 1 aromatic rings. The molecule has 1 saturated carbocycles. The molecule has 0 spiro atoms. The van der Waals surface area contributed by atoms with Crippen LogP contribution in [0.15, 0.2) is 18.2 Å². The second-order valence-corrected chi connectivity index (χ2v) is 6.92. The molecule has 20 heavy (non-hydrogen) atoms. The molecular weight excluding hydrogens is 273 g/mol. The van der Waals surface area contributed by atoms with Crippen LogP contribution in [0, 0.1) is 29.5 Å². The highest BCUT2D eigenvalue weighted by atomic mass is 35.5. The third-order valence-corrected chi connectivity index (χ3v) is 5.28. The van der Waals surface area contributed by atoms with Crippen LogP contribution in [0.25, 0.3) is 0 Å². The molecule has 1 aliphatic rings. The van der Waals surface area contributed by atoms with Gasteiger partial charge in [-0.2, -0.15) is 0 Å². The molecule has 3 unspecified atom stereocenters. The van der Waals surface area contributed by atoms with Gasteiger partial charge in [0.2, 0.25) is 0 Å². The summed E-state index contributed by atoms with van der Waals surface area (Å²) < 4.78 is 13.4. The Bertz CT molecular complexity index is 447. The van der Waals surface area contributed by atoms with Crippen LogP contribution in [0.1, 0.15) is 38.7 Å². The van der Waals surface area contributed by atoms with Gasteiger partial charge >= 0.3 is 0 Å². The van der Waals surface area contributed by atoms with Crippen molar-refractivity contribution >= 4 is 11.6 Å². The van der Waals surface area contributed by atoms with Crippen molar-refractivity contribution in [1.82, 2.24) is 0 Å². The van der Waals surface area contributed by atoms with Crippen LogP contribution in [-0.2, 0) is 6.42 Å². The van der Waals surface area contributed by atoms with E-state index in [1.54, 1.807) is 12.1 Å². The molecule has 1 aliphatic carbocycles. The molecule has 1 nitrogen and oxygen atoms in total. The predicted molar refractivity (Wildman–Crippen MR) is 83.3 cm³/mol. The van der Waals surface area contributed by atoms with Crippen molar-refractivity contribution in [3.05, 3.63) is 34.6 Å². The Hall–Kier alpha value is -0.600. The fourth-order valence-corrected chi connectivity index (χ4v) is 3.71. The van der Waals surface area contributed by atoms with Crippen LogP contribution < -0.4 is 5.73 Å². The van der Waals surface area contributed by atoms with Crippen LogP contribution in [0.5, 0.6) is 0 Å². The second-order valence-electron chi connectivity index (χ2n) is 6.51. The molecule has 1 aromatic carbocycles. The van der Waals surface area contributed by atoms with Crippen molar-refractivity contribution in [2.45, 2.75) is 39.5 Å². The maximum atomic E-state index is 13.4. The lowest BCUT2D eigenvalue weighted by Gasteiger charge is -2.37. The normalized spacial score (nSPS) is 27.0. The third-order valence-electron chi connectivity index (χ3n) is 4.92. The Morgan fingerprint density at radius 2 is 2.05 bits per heavy atom. The molecule has 0 heterocycles. The summed E-state index contributed by atoms with van der Waals surface area (Å²) in [6.07, 6.45) is 4.50. The standard InChI is InChI=1S/C17H25ClFN/c1-11(2)12-3-4-13(10-20)14(7-12)8-15-9-16(19)5-6-17(15)18/h5-6,9,11-14H,3-4,7-8,10,20H2,1-2H3. The molecule has 0 radical (unpaired) electrons. The summed E-state index contributed by atoms with van der Waals surface area (Å²) in [5.74, 6) is 2.34. The second kappa shape index (κ2) is 6.91. The number of halogens is 2. The maximum Gasteiger partial charge on any atom is 0.123 e. The van der Waals surface area contributed by atoms with Crippen LogP contribution in [-0.4, -0.2) is 6.54 Å². The van der Waals surface area contributed by atoms with Crippen molar-refractivity contribution < 1.29 is 4.39 Å². The topological polar surface area (TPSA) is 26.0 Å². The van der Waals surface area contributed by atoms with E-state index in [1.165, 1.54) is 25.3 Å². The molecule has 3 atom stereocenters. The first-order valence-corrected chi connectivity index (χ1v) is 8.03. The highest BCUT2D eigenvalue weighted by Crippen LogP contribution is 2.39. The summed E-state index contributed by atoms with van der Waals surface area (Å²) in [5.41, 5.74) is 6.86. The van der Waals surface area contributed by atoms with E-state index < -0.39 is 0 Å². The molecule has 1 fully saturated rings. The van der Waals surface area contributed by atoms with E-state index in [-0.39, 0.29) is 5.82 Å². The van der Waals surface area contributed by atoms with Crippen molar-refractivity contribution in [2.75, 3.05) is 6.54 Å². The molecule has 2 N–H and O–H groups in total. The molecular formula is C17H25ClFN. The van der Waals surface area contributed by atoms with E-state index in [0.717, 1.165) is 24.4 Å². The van der Waals surface area contributed by atoms with Gasteiger partial charge in [-0.25, -0.2) is 4.39 Å². The van der Waals surface area contributed by atoms with Crippen LogP contribution >= 0.6 is 11.6 Å². The third kappa shape index (κ3) is 3.73. The predicted octanol–water partition coefficient (Wildman–Crippen LogP) is 4.67. The van der Waals surface area contributed by atoms with E-state index in [2.05, 4.69) is 13.8 Å². The number of nitrogens with two attached hydrogens (primary N) is 1. The Balaban J connectivity index is 2.13. The summed E-state index contributed by atoms with van der Waals surface area (Å²) in [5, 5.41) is 0.675. The SMILES string of the molecule is CC(C)C1CCC(CN)C(Cc2cc(F)ccc2Cl)C1. The van der Waals surface area contributed by atoms with Crippen molar-refractivity contribution in [1.29, 1.82) is 0 Å². The molecule has 0 aliphatic heterocycles. The zero-order valence-corrected chi connectivity index (χ0v) is 13.2. The molecule has 112 valence electrons. The van der Waals surface area contributed by atoms with Crippen LogP contribution in [0.4, 0.5) is 4.39 Å². The van der Waals surface area contributed by atoms with Crippen molar-refractivity contribution in [3.8, 4) is 0 Å². The highest BCUT2D eigenvalue weighted by Gasteiger charge is 2.31. The van der Waals surface area contributed by atoms with Crippen LogP contribution in [0.3, 0.4) is 0 Å². The average Bonchev–Trinajstić information content (AvgIpc) is 2.42. The maximum absolute atomic E-state index is 13.4. The number of hydrogen-bond donors (Lipinski definition) is 1. The minimum atomic E-state index is -0.204. The van der Waals surface area contributed by atoms with E-state index in [0.29, 0.717) is 22.8 Å². The van der Waals surface area contributed by atoms with Gasteiger partial charge in [-0.3, -0.25) is 0 Å². The smallest absolute Gasteiger partial charge is 0.123 e. The first kappa shape index (κ1) is 15.8. The molecule has 0 bridgehead atoms. The molecule has 0 aromatic heterocycles. The van der Waals surface area contributed by atoms with Crippen molar-refractivity contribution in [2.24, 2.45) is 29.4 Å². The van der Waals surface area contributed by atoms with Gasteiger partial charge in [0.05, 0.1) is 0 Å². The lowest BCUT2D eigenvalue weighted by molar-refractivity contribution is 0.151. The Labute approximate surface area is 126 Å².